The van der Waals surface area contributed by atoms with E-state index in [0.29, 0.717) is 23.7 Å². The van der Waals surface area contributed by atoms with Crippen LogP contribution in [0.25, 0.3) is 5.69 Å². The number of anilines is 1. The number of aryl methyl sites for hydroxylation is 2. The molecule has 0 aliphatic rings. The zero-order valence-corrected chi connectivity index (χ0v) is 22.7. The molecule has 2 aromatic carbocycles. The summed E-state index contributed by atoms with van der Waals surface area (Å²) in [6.07, 6.45) is 0. The van der Waals surface area contributed by atoms with Crippen LogP contribution in [0.3, 0.4) is 0 Å². The van der Waals surface area contributed by atoms with Crippen LogP contribution in [-0.4, -0.2) is 46.7 Å². The smallest absolute Gasteiger partial charge is 0.254 e. The quantitative estimate of drug-likeness (QED) is 0.450. The van der Waals surface area contributed by atoms with Crippen LogP contribution in [-0.2, 0) is 10.2 Å². The minimum absolute atomic E-state index is 0.0723. The molecule has 0 fully saturated rings. The summed E-state index contributed by atoms with van der Waals surface area (Å²) < 4.78 is 7.05. The van der Waals surface area contributed by atoms with Gasteiger partial charge in [0.15, 0.2) is 0 Å². The van der Waals surface area contributed by atoms with Crippen LogP contribution in [0.15, 0.2) is 48.5 Å². The standard InChI is InChI=1S/C29H38N4O3/c1-19(2)17-32(28(35)22-10-9-11-23(15-22)36-8)18-27(34)30-26-16-25(29(5,6)7)31-33(26)24-13-12-20(3)14-21(24)4/h9-16,19H,17-18H2,1-8H3,(H,30,34). The maximum atomic E-state index is 13.3. The molecule has 0 radical (unpaired) electrons. The lowest BCUT2D eigenvalue weighted by atomic mass is 9.92. The van der Waals surface area contributed by atoms with Gasteiger partial charge in [0.05, 0.1) is 18.5 Å². The summed E-state index contributed by atoms with van der Waals surface area (Å²) >= 11 is 0. The Morgan fingerprint density at radius 2 is 1.81 bits per heavy atom. The summed E-state index contributed by atoms with van der Waals surface area (Å²) in [5, 5.41) is 7.85. The van der Waals surface area contributed by atoms with Crippen molar-refractivity contribution >= 4 is 17.6 Å². The number of methoxy groups -OCH3 is 1. The summed E-state index contributed by atoms with van der Waals surface area (Å²) in [7, 11) is 1.56. The maximum absolute atomic E-state index is 13.3. The van der Waals surface area contributed by atoms with Gasteiger partial charge in [-0.2, -0.15) is 5.10 Å². The lowest BCUT2D eigenvalue weighted by molar-refractivity contribution is -0.117. The summed E-state index contributed by atoms with van der Waals surface area (Å²) in [6, 6.07) is 15.0. The van der Waals surface area contributed by atoms with Crippen LogP contribution in [0.5, 0.6) is 5.75 Å². The highest BCUT2D eigenvalue weighted by Gasteiger charge is 2.24. The Balaban J connectivity index is 1.90. The van der Waals surface area contributed by atoms with E-state index >= 15 is 0 Å². The van der Waals surface area contributed by atoms with Crippen molar-refractivity contribution in [2.45, 2.75) is 53.9 Å². The van der Waals surface area contributed by atoms with Crippen LogP contribution >= 0.6 is 0 Å². The van der Waals surface area contributed by atoms with Crippen molar-refractivity contribution in [3.8, 4) is 11.4 Å². The van der Waals surface area contributed by atoms with Crippen molar-refractivity contribution in [2.75, 3.05) is 25.5 Å². The molecule has 0 saturated carbocycles. The fourth-order valence-corrected chi connectivity index (χ4v) is 4.02. The van der Waals surface area contributed by atoms with Gasteiger partial charge in [0.2, 0.25) is 5.91 Å². The van der Waals surface area contributed by atoms with E-state index in [0.717, 1.165) is 22.5 Å². The molecule has 0 atom stereocenters. The number of hydrogen-bond acceptors (Lipinski definition) is 4. The molecule has 192 valence electrons. The number of rotatable bonds is 8. The van der Waals surface area contributed by atoms with E-state index in [-0.39, 0.29) is 29.7 Å². The van der Waals surface area contributed by atoms with Crippen molar-refractivity contribution in [1.82, 2.24) is 14.7 Å². The number of amides is 2. The third-order valence-corrected chi connectivity index (χ3v) is 5.85. The molecule has 0 unspecified atom stereocenters. The third-order valence-electron chi connectivity index (χ3n) is 5.85. The molecule has 0 saturated heterocycles. The number of carbonyl (C=O) groups is 2. The van der Waals surface area contributed by atoms with Gasteiger partial charge in [0, 0.05) is 23.6 Å². The zero-order valence-electron chi connectivity index (χ0n) is 22.7. The molecule has 36 heavy (non-hydrogen) atoms. The van der Waals surface area contributed by atoms with Gasteiger partial charge in [-0.1, -0.05) is 58.4 Å². The van der Waals surface area contributed by atoms with E-state index in [1.54, 1.807) is 41.0 Å². The molecule has 1 N–H and O–H groups in total. The van der Waals surface area contributed by atoms with Gasteiger partial charge in [-0.15, -0.1) is 0 Å². The van der Waals surface area contributed by atoms with E-state index < -0.39 is 0 Å². The number of ether oxygens (including phenoxy) is 1. The first-order valence-corrected chi connectivity index (χ1v) is 12.3. The number of benzene rings is 2. The molecule has 0 aliphatic carbocycles. The summed E-state index contributed by atoms with van der Waals surface area (Å²) in [6.45, 7) is 14.8. The normalized spacial score (nSPS) is 11.5. The molecule has 1 heterocycles. The van der Waals surface area contributed by atoms with Gasteiger partial charge in [0.25, 0.3) is 5.91 Å². The first-order chi connectivity index (χ1) is 16.9. The lowest BCUT2D eigenvalue weighted by Crippen LogP contribution is -2.40. The Kier molecular flexibility index (Phi) is 8.23. The third kappa shape index (κ3) is 6.53. The second-order valence-electron chi connectivity index (χ2n) is 10.7. The predicted octanol–water partition coefficient (Wildman–Crippen LogP) is 5.53. The first kappa shape index (κ1) is 27.0. The summed E-state index contributed by atoms with van der Waals surface area (Å²) in [5.74, 6) is 0.881. The van der Waals surface area contributed by atoms with Crippen molar-refractivity contribution in [3.63, 3.8) is 0 Å². The highest BCUT2D eigenvalue weighted by Crippen LogP contribution is 2.28. The van der Waals surface area contributed by atoms with Crippen molar-refractivity contribution in [2.24, 2.45) is 5.92 Å². The lowest BCUT2D eigenvalue weighted by Gasteiger charge is -2.24. The second kappa shape index (κ2) is 11.0. The fraction of sp³-hybridized carbons (Fsp3) is 0.414. The Morgan fingerprint density at radius 1 is 1.08 bits per heavy atom. The van der Waals surface area contributed by atoms with Gasteiger partial charge in [-0.05, 0) is 49.6 Å². The Morgan fingerprint density at radius 3 is 2.42 bits per heavy atom. The molecule has 7 heteroatoms. The molecule has 0 aliphatic heterocycles. The number of carbonyl (C=O) groups excluding carboxylic acids is 2. The van der Waals surface area contributed by atoms with Crippen LogP contribution in [0.1, 0.15) is 61.8 Å². The number of nitrogens with zero attached hydrogens (tertiary/aromatic N) is 3. The Bertz CT molecular complexity index is 1240. The predicted molar refractivity (Wildman–Crippen MR) is 144 cm³/mol. The molecule has 0 bridgehead atoms. The van der Waals surface area contributed by atoms with Crippen molar-refractivity contribution in [3.05, 3.63) is 70.9 Å². The fourth-order valence-electron chi connectivity index (χ4n) is 4.02. The van der Waals surface area contributed by atoms with E-state index in [1.165, 1.54) is 0 Å². The summed E-state index contributed by atoms with van der Waals surface area (Å²) in [5.41, 5.74) is 4.27. The molecule has 7 nitrogen and oxygen atoms in total. The molecule has 3 aromatic rings. The highest BCUT2D eigenvalue weighted by atomic mass is 16.5. The van der Waals surface area contributed by atoms with Crippen LogP contribution in [0.4, 0.5) is 5.82 Å². The van der Waals surface area contributed by atoms with Crippen molar-refractivity contribution in [1.29, 1.82) is 0 Å². The molecule has 0 spiro atoms. The molecular formula is C29H38N4O3. The molecule has 1 aromatic heterocycles. The van der Waals surface area contributed by atoms with Gasteiger partial charge in [-0.3, -0.25) is 9.59 Å². The van der Waals surface area contributed by atoms with Gasteiger partial charge < -0.3 is 15.0 Å². The summed E-state index contributed by atoms with van der Waals surface area (Å²) in [4.78, 5) is 28.2. The van der Waals surface area contributed by atoms with Crippen LogP contribution < -0.4 is 10.1 Å². The van der Waals surface area contributed by atoms with Gasteiger partial charge in [-0.25, -0.2) is 4.68 Å². The number of aromatic nitrogens is 2. The van der Waals surface area contributed by atoms with E-state index in [1.807, 2.05) is 45.9 Å². The monoisotopic (exact) mass is 490 g/mol. The van der Waals surface area contributed by atoms with Crippen LogP contribution in [0.2, 0.25) is 0 Å². The average Bonchev–Trinajstić information content (AvgIpc) is 3.21. The second-order valence-corrected chi connectivity index (χ2v) is 10.7. The topological polar surface area (TPSA) is 76.5 Å². The molecular weight excluding hydrogens is 452 g/mol. The minimum Gasteiger partial charge on any atom is -0.497 e. The highest BCUT2D eigenvalue weighted by molar-refractivity contribution is 5.99. The van der Waals surface area contributed by atoms with Crippen molar-refractivity contribution < 1.29 is 14.3 Å². The SMILES string of the molecule is COc1cccc(C(=O)N(CC(=O)Nc2cc(C(C)(C)C)nn2-c2ccc(C)cc2C)CC(C)C)c1. The first-order valence-electron chi connectivity index (χ1n) is 12.3. The average molecular weight is 491 g/mol. The largest absolute Gasteiger partial charge is 0.497 e. The maximum Gasteiger partial charge on any atom is 0.254 e. The minimum atomic E-state index is -0.279. The van der Waals surface area contributed by atoms with E-state index in [2.05, 4.69) is 32.2 Å². The van der Waals surface area contributed by atoms with Gasteiger partial charge in [0.1, 0.15) is 18.1 Å². The molecule has 2 amide bonds. The number of hydrogen-bond donors (Lipinski definition) is 1. The zero-order chi connectivity index (χ0) is 26.6. The van der Waals surface area contributed by atoms with Gasteiger partial charge >= 0.3 is 0 Å². The Labute approximate surface area is 214 Å². The molecule has 3 rings (SSSR count). The van der Waals surface area contributed by atoms with E-state index in [9.17, 15) is 9.59 Å². The number of nitrogens with one attached hydrogen (secondary N) is 1. The van der Waals surface area contributed by atoms with E-state index in [4.69, 9.17) is 9.84 Å². The van der Waals surface area contributed by atoms with Crippen LogP contribution in [0, 0.1) is 19.8 Å². The Hall–Kier alpha value is -3.61.